The fourth-order valence-electron chi connectivity index (χ4n) is 11.3. The summed E-state index contributed by atoms with van der Waals surface area (Å²) in [4.78, 5) is 0. The summed E-state index contributed by atoms with van der Waals surface area (Å²) in [7, 11) is 0. The van der Waals surface area contributed by atoms with Crippen molar-refractivity contribution >= 4 is 64.6 Å². The van der Waals surface area contributed by atoms with Crippen LogP contribution < -0.4 is 0 Å². The van der Waals surface area contributed by atoms with Gasteiger partial charge in [-0.25, -0.2) is 0 Å². The Bertz CT molecular complexity index is 3050. The molecule has 0 amide bonds. The topological polar surface area (TPSA) is 0 Å². The van der Waals surface area contributed by atoms with Gasteiger partial charge in [0.15, 0.2) is 0 Å². The maximum Gasteiger partial charge on any atom is -0.00135 e. The molecule has 338 valence electrons. The van der Waals surface area contributed by atoms with Gasteiger partial charge in [0.25, 0.3) is 0 Å². The van der Waals surface area contributed by atoms with Gasteiger partial charge in [-0.2, -0.15) is 0 Å². The molecule has 0 nitrogen and oxygen atoms in total. The first-order valence-corrected chi connectivity index (χ1v) is 26.5. The van der Waals surface area contributed by atoms with Crippen LogP contribution in [0.3, 0.4) is 0 Å². The summed E-state index contributed by atoms with van der Waals surface area (Å²) in [6.07, 6.45) is 26.9. The van der Waals surface area contributed by atoms with E-state index in [1.165, 1.54) is 219 Å². The van der Waals surface area contributed by atoms with E-state index in [4.69, 9.17) is 0 Å². The van der Waals surface area contributed by atoms with Crippen LogP contribution in [0.5, 0.6) is 0 Å². The molecule has 0 radical (unpaired) electrons. The van der Waals surface area contributed by atoms with Crippen molar-refractivity contribution in [1.29, 1.82) is 0 Å². The highest BCUT2D eigenvalue weighted by Gasteiger charge is 2.23. The van der Waals surface area contributed by atoms with Crippen LogP contribution >= 0.6 is 0 Å². The molecule has 66 heavy (non-hydrogen) atoms. The van der Waals surface area contributed by atoms with Crippen molar-refractivity contribution in [3.63, 3.8) is 0 Å². The summed E-state index contributed by atoms with van der Waals surface area (Å²) in [6, 6.07) is 55.2. The smallest absolute Gasteiger partial charge is 0.00135 e. The number of benzene rings is 9. The zero-order chi connectivity index (χ0) is 45.1. The average molecular weight is 867 g/mol. The van der Waals surface area contributed by atoms with Gasteiger partial charge in [-0.3, -0.25) is 0 Å². The molecule has 0 atom stereocenters. The zero-order valence-electron chi connectivity index (χ0n) is 40.6. The van der Waals surface area contributed by atoms with Gasteiger partial charge >= 0.3 is 0 Å². The minimum atomic E-state index is 1.08. The van der Waals surface area contributed by atoms with Crippen molar-refractivity contribution in [3.05, 3.63) is 156 Å². The van der Waals surface area contributed by atoms with E-state index >= 15 is 0 Å². The summed E-state index contributed by atoms with van der Waals surface area (Å²) in [5, 5.41) is 16.2. The maximum absolute atomic E-state index is 2.68. The van der Waals surface area contributed by atoms with Gasteiger partial charge < -0.3 is 0 Å². The lowest BCUT2D eigenvalue weighted by atomic mass is 9.79. The van der Waals surface area contributed by atoms with Crippen molar-refractivity contribution < 1.29 is 0 Å². The molecule has 0 aromatic heterocycles. The van der Waals surface area contributed by atoms with Crippen molar-refractivity contribution in [3.8, 4) is 22.3 Å². The Hall–Kier alpha value is -5.46. The first-order chi connectivity index (χ1) is 32.6. The first kappa shape index (κ1) is 45.7. The van der Waals surface area contributed by atoms with Crippen LogP contribution in [0.2, 0.25) is 0 Å². The molecule has 0 N–H and O–H groups in total. The van der Waals surface area contributed by atoms with E-state index in [0.717, 1.165) is 19.3 Å². The second-order valence-corrected chi connectivity index (χ2v) is 19.8. The number of aryl methyl sites for hydroxylation is 3. The molecule has 0 saturated carbocycles. The number of rotatable bonds is 23. The Labute approximate surface area is 396 Å². The van der Waals surface area contributed by atoms with E-state index < -0.39 is 0 Å². The predicted octanol–water partition coefficient (Wildman–Crippen LogP) is 20.6. The van der Waals surface area contributed by atoms with E-state index in [-0.39, 0.29) is 0 Å². The number of fused-ring (bicyclic) bond motifs is 6. The van der Waals surface area contributed by atoms with Crippen molar-refractivity contribution in [2.75, 3.05) is 0 Å². The van der Waals surface area contributed by atoms with Crippen LogP contribution in [-0.2, 0) is 19.3 Å². The molecule has 0 heteroatoms. The zero-order valence-corrected chi connectivity index (χ0v) is 40.6. The molecule has 0 saturated heterocycles. The molecule has 0 aliphatic rings. The van der Waals surface area contributed by atoms with Gasteiger partial charge in [0.05, 0.1) is 0 Å². The maximum atomic E-state index is 2.68. The Morgan fingerprint density at radius 2 is 0.712 bits per heavy atom. The SMILES string of the molecule is CCCCCCCCc1ccc2c(-c3c(-c4c5ccccc5cc5ccc(CCCCCCCC)cc45)cc(CCCCCCCC)c4cc5ccccc5cc34)c3ccccc3cc2c1. The average Bonchev–Trinajstić information content (AvgIpc) is 3.35. The Morgan fingerprint density at radius 1 is 0.258 bits per heavy atom. The quantitative estimate of drug-likeness (QED) is 0.0444. The largest absolute Gasteiger partial charge is 0.0654 e. The van der Waals surface area contributed by atoms with Gasteiger partial charge in [-0.15, -0.1) is 0 Å². The van der Waals surface area contributed by atoms with E-state index in [1.807, 2.05) is 0 Å². The fourth-order valence-corrected chi connectivity index (χ4v) is 11.3. The summed E-state index contributed by atoms with van der Waals surface area (Å²) < 4.78 is 0. The van der Waals surface area contributed by atoms with Gasteiger partial charge in [-0.05, 0) is 172 Å². The lowest BCUT2D eigenvalue weighted by Crippen LogP contribution is -1.98. The lowest BCUT2D eigenvalue weighted by Gasteiger charge is -2.23. The van der Waals surface area contributed by atoms with Gasteiger partial charge in [-0.1, -0.05) is 226 Å². The van der Waals surface area contributed by atoms with E-state index in [0.29, 0.717) is 0 Å². The molecule has 0 spiro atoms. The predicted molar refractivity (Wildman–Crippen MR) is 294 cm³/mol. The Morgan fingerprint density at radius 3 is 1.33 bits per heavy atom. The molecular formula is C66H74. The van der Waals surface area contributed by atoms with Crippen molar-refractivity contribution in [2.45, 2.75) is 156 Å². The highest BCUT2D eigenvalue weighted by molar-refractivity contribution is 6.25. The van der Waals surface area contributed by atoms with Crippen LogP contribution in [-0.4, -0.2) is 0 Å². The summed E-state index contributed by atoms with van der Waals surface area (Å²) in [5.41, 5.74) is 9.94. The van der Waals surface area contributed by atoms with Crippen LogP contribution in [0, 0.1) is 0 Å². The van der Waals surface area contributed by atoms with Gasteiger partial charge in [0.2, 0.25) is 0 Å². The molecule has 9 aromatic carbocycles. The van der Waals surface area contributed by atoms with Crippen molar-refractivity contribution in [2.24, 2.45) is 0 Å². The molecule has 0 fully saturated rings. The standard InChI is InChI=1S/C66H74/c1-4-7-10-13-16-19-28-48-38-40-59-56(41-48)44-53-34-25-27-36-58(53)65(59)66-62-46-51-31-23-22-30-50(51)45-60(62)54(32-21-18-15-12-9-6-3)47-63(66)64-57-35-26-24-33-52(57)43-55-39-37-49(42-61(55)64)29-20-17-14-11-8-5-2/h22-27,30-31,33-47H,4-21,28-29,32H2,1-3H3. The van der Waals surface area contributed by atoms with Crippen LogP contribution in [0.4, 0.5) is 0 Å². The molecule has 0 aliphatic heterocycles. The highest BCUT2D eigenvalue weighted by Crippen LogP contribution is 2.50. The highest BCUT2D eigenvalue weighted by atomic mass is 14.3. The second-order valence-electron chi connectivity index (χ2n) is 19.8. The Kier molecular flexibility index (Phi) is 15.5. The summed E-state index contributed by atoms with van der Waals surface area (Å²) in [5.74, 6) is 0. The van der Waals surface area contributed by atoms with Crippen LogP contribution in [0.15, 0.2) is 140 Å². The van der Waals surface area contributed by atoms with Crippen LogP contribution in [0.1, 0.15) is 153 Å². The first-order valence-electron chi connectivity index (χ1n) is 26.5. The second kappa shape index (κ2) is 22.4. The lowest BCUT2D eigenvalue weighted by molar-refractivity contribution is 0.607. The fraction of sp³-hybridized carbons (Fsp3) is 0.364. The van der Waals surface area contributed by atoms with E-state index in [2.05, 4.69) is 160 Å². The van der Waals surface area contributed by atoms with Gasteiger partial charge in [0.1, 0.15) is 0 Å². The molecule has 0 unspecified atom stereocenters. The van der Waals surface area contributed by atoms with Crippen molar-refractivity contribution in [1.82, 2.24) is 0 Å². The molecule has 0 heterocycles. The minimum absolute atomic E-state index is 1.08. The third-order valence-corrected chi connectivity index (χ3v) is 14.9. The molecule has 0 bridgehead atoms. The minimum Gasteiger partial charge on any atom is -0.0654 e. The number of hydrogen-bond donors (Lipinski definition) is 0. The molecular weight excluding hydrogens is 793 g/mol. The van der Waals surface area contributed by atoms with Crippen LogP contribution in [0.25, 0.3) is 86.9 Å². The molecule has 0 aliphatic carbocycles. The molecule has 9 rings (SSSR count). The molecule has 9 aromatic rings. The van der Waals surface area contributed by atoms with E-state index in [1.54, 1.807) is 0 Å². The Balaban J connectivity index is 1.31. The monoisotopic (exact) mass is 867 g/mol. The normalized spacial score (nSPS) is 11.9. The summed E-state index contributed by atoms with van der Waals surface area (Å²) >= 11 is 0. The number of unbranched alkanes of at least 4 members (excludes halogenated alkanes) is 15. The summed E-state index contributed by atoms with van der Waals surface area (Å²) in [6.45, 7) is 6.94. The number of hydrogen-bond acceptors (Lipinski definition) is 0. The third kappa shape index (κ3) is 10.2. The van der Waals surface area contributed by atoms with Gasteiger partial charge in [0, 0.05) is 0 Å². The third-order valence-electron chi connectivity index (χ3n) is 14.9. The van der Waals surface area contributed by atoms with E-state index in [9.17, 15) is 0 Å².